The maximum atomic E-state index is 10.8. The number of nitrogens with one attached hydrogen (secondary N) is 2. The van der Waals surface area contributed by atoms with Crippen LogP contribution in [0.5, 0.6) is 0 Å². The van der Waals surface area contributed by atoms with Crippen LogP contribution in [-0.2, 0) is 13.0 Å². The second kappa shape index (κ2) is 9.24. The van der Waals surface area contributed by atoms with Crippen molar-refractivity contribution in [1.82, 2.24) is 15.6 Å². The van der Waals surface area contributed by atoms with E-state index < -0.39 is 4.92 Å². The molecule has 0 spiro atoms. The van der Waals surface area contributed by atoms with Crippen LogP contribution in [0, 0.1) is 10.1 Å². The van der Waals surface area contributed by atoms with E-state index in [1.165, 1.54) is 6.07 Å². The lowest BCUT2D eigenvalue weighted by Gasteiger charge is -2.11. The monoisotopic (exact) mass is 327 g/mol. The van der Waals surface area contributed by atoms with E-state index in [4.69, 9.17) is 0 Å². The highest BCUT2D eigenvalue weighted by Gasteiger charge is 2.05. The van der Waals surface area contributed by atoms with Gasteiger partial charge in [-0.05, 0) is 24.6 Å². The number of aliphatic imine (C=N–C) groups is 1. The van der Waals surface area contributed by atoms with Crippen LogP contribution in [-0.4, -0.2) is 29.0 Å². The molecular formula is C17H21N5O2. The van der Waals surface area contributed by atoms with Gasteiger partial charge in [0, 0.05) is 43.5 Å². The molecule has 2 rings (SSSR count). The molecule has 0 aliphatic rings. The number of nitrogens with zero attached hydrogens (tertiary/aromatic N) is 3. The van der Waals surface area contributed by atoms with Crippen LogP contribution in [0.1, 0.15) is 18.2 Å². The third-order valence-electron chi connectivity index (χ3n) is 3.29. The molecule has 2 aromatic rings. The first-order valence-electron chi connectivity index (χ1n) is 7.84. The molecule has 1 heterocycles. The number of non-ortho nitro benzene ring substituents is 1. The van der Waals surface area contributed by atoms with Gasteiger partial charge in [0.05, 0.1) is 11.5 Å². The second-order valence-electron chi connectivity index (χ2n) is 5.12. The Balaban J connectivity index is 1.92. The van der Waals surface area contributed by atoms with Crippen molar-refractivity contribution in [2.45, 2.75) is 19.9 Å². The minimum Gasteiger partial charge on any atom is -0.357 e. The summed E-state index contributed by atoms with van der Waals surface area (Å²) in [6.07, 6.45) is 2.57. The van der Waals surface area contributed by atoms with E-state index in [0.29, 0.717) is 19.0 Å². The predicted molar refractivity (Wildman–Crippen MR) is 93.9 cm³/mol. The van der Waals surface area contributed by atoms with Gasteiger partial charge in [-0.1, -0.05) is 18.2 Å². The van der Waals surface area contributed by atoms with E-state index in [-0.39, 0.29) is 5.69 Å². The molecule has 2 N–H and O–H groups in total. The first-order valence-corrected chi connectivity index (χ1v) is 7.84. The summed E-state index contributed by atoms with van der Waals surface area (Å²) in [6, 6.07) is 12.4. The Kier molecular flexibility index (Phi) is 6.70. The van der Waals surface area contributed by atoms with Crippen molar-refractivity contribution in [1.29, 1.82) is 0 Å². The number of rotatable bonds is 7. The van der Waals surface area contributed by atoms with Crippen LogP contribution >= 0.6 is 0 Å². The van der Waals surface area contributed by atoms with Crippen molar-refractivity contribution < 1.29 is 4.92 Å². The molecule has 0 saturated heterocycles. The van der Waals surface area contributed by atoms with Crippen LogP contribution in [0.15, 0.2) is 53.7 Å². The maximum Gasteiger partial charge on any atom is 0.269 e. The summed E-state index contributed by atoms with van der Waals surface area (Å²) in [5.74, 6) is 0.680. The minimum absolute atomic E-state index is 0.0795. The molecule has 1 aromatic heterocycles. The number of nitro groups is 1. The molecular weight excluding hydrogens is 306 g/mol. The highest BCUT2D eigenvalue weighted by Crippen LogP contribution is 2.13. The topological polar surface area (TPSA) is 92.5 Å². The molecule has 0 aliphatic heterocycles. The molecule has 7 heteroatoms. The fourth-order valence-corrected chi connectivity index (χ4v) is 2.14. The number of nitro benzene ring substituents is 1. The molecule has 0 amide bonds. The number of pyridine rings is 1. The van der Waals surface area contributed by atoms with Crippen LogP contribution in [0.3, 0.4) is 0 Å². The second-order valence-corrected chi connectivity index (χ2v) is 5.12. The average molecular weight is 327 g/mol. The predicted octanol–water partition coefficient (Wildman–Crippen LogP) is 2.29. The molecule has 0 bridgehead atoms. The lowest BCUT2D eigenvalue weighted by Crippen LogP contribution is -2.38. The zero-order chi connectivity index (χ0) is 17.2. The summed E-state index contributed by atoms with van der Waals surface area (Å²) >= 11 is 0. The highest BCUT2D eigenvalue weighted by atomic mass is 16.6. The molecule has 0 aliphatic carbocycles. The molecule has 0 saturated carbocycles. The van der Waals surface area contributed by atoms with Crippen LogP contribution in [0.25, 0.3) is 0 Å². The number of hydrogen-bond donors (Lipinski definition) is 2. The van der Waals surface area contributed by atoms with Gasteiger partial charge in [0.25, 0.3) is 5.69 Å². The summed E-state index contributed by atoms with van der Waals surface area (Å²) in [6.45, 7) is 3.81. The summed E-state index contributed by atoms with van der Waals surface area (Å²) in [5, 5.41) is 17.2. The van der Waals surface area contributed by atoms with Gasteiger partial charge >= 0.3 is 0 Å². The fraction of sp³-hybridized carbons (Fsp3) is 0.294. The molecule has 0 fully saturated rings. The summed E-state index contributed by atoms with van der Waals surface area (Å²) in [5.41, 5.74) is 1.89. The van der Waals surface area contributed by atoms with Crippen LogP contribution < -0.4 is 10.6 Å². The van der Waals surface area contributed by atoms with Crippen molar-refractivity contribution in [3.05, 3.63) is 70.0 Å². The lowest BCUT2D eigenvalue weighted by molar-refractivity contribution is -0.384. The highest BCUT2D eigenvalue weighted by molar-refractivity contribution is 5.79. The van der Waals surface area contributed by atoms with Gasteiger partial charge in [0.1, 0.15) is 0 Å². The quantitative estimate of drug-likeness (QED) is 0.352. The Morgan fingerprint density at radius 1 is 1.25 bits per heavy atom. The average Bonchev–Trinajstić information content (AvgIpc) is 2.61. The number of aromatic nitrogens is 1. The number of benzene rings is 1. The summed E-state index contributed by atoms with van der Waals surface area (Å²) in [7, 11) is 0. The molecule has 24 heavy (non-hydrogen) atoms. The maximum absolute atomic E-state index is 10.8. The van der Waals surface area contributed by atoms with Crippen molar-refractivity contribution in [2.24, 2.45) is 4.99 Å². The zero-order valence-corrected chi connectivity index (χ0v) is 13.6. The lowest BCUT2D eigenvalue weighted by atomic mass is 10.2. The first-order chi connectivity index (χ1) is 11.7. The summed E-state index contributed by atoms with van der Waals surface area (Å²) < 4.78 is 0. The largest absolute Gasteiger partial charge is 0.357 e. The van der Waals surface area contributed by atoms with Gasteiger partial charge in [-0.2, -0.15) is 0 Å². The van der Waals surface area contributed by atoms with Gasteiger partial charge < -0.3 is 10.6 Å². The first kappa shape index (κ1) is 17.4. The van der Waals surface area contributed by atoms with E-state index in [2.05, 4.69) is 20.6 Å². The van der Waals surface area contributed by atoms with Gasteiger partial charge in [0.2, 0.25) is 0 Å². The third kappa shape index (κ3) is 5.68. The minimum atomic E-state index is -0.399. The molecule has 0 atom stereocenters. The van der Waals surface area contributed by atoms with E-state index in [0.717, 1.165) is 24.2 Å². The van der Waals surface area contributed by atoms with Crippen molar-refractivity contribution in [3.8, 4) is 0 Å². The van der Waals surface area contributed by atoms with E-state index >= 15 is 0 Å². The molecule has 0 radical (unpaired) electrons. The standard InChI is InChI=1S/C17H21N5O2/c1-2-18-17(20-11-9-15-7-3-4-10-19-15)21-13-14-6-5-8-16(12-14)22(23)24/h3-8,10,12H,2,9,11,13H2,1H3,(H2,18,20,21). The number of guanidine groups is 1. The Morgan fingerprint density at radius 2 is 2.12 bits per heavy atom. The van der Waals surface area contributed by atoms with E-state index in [9.17, 15) is 10.1 Å². The Bertz CT molecular complexity index is 688. The normalized spacial score (nSPS) is 11.1. The summed E-state index contributed by atoms with van der Waals surface area (Å²) in [4.78, 5) is 19.2. The van der Waals surface area contributed by atoms with Crippen molar-refractivity contribution >= 4 is 11.6 Å². The van der Waals surface area contributed by atoms with Gasteiger partial charge in [-0.15, -0.1) is 0 Å². The molecule has 126 valence electrons. The number of hydrogen-bond acceptors (Lipinski definition) is 4. The van der Waals surface area contributed by atoms with Gasteiger partial charge in [-0.25, -0.2) is 4.99 Å². The smallest absolute Gasteiger partial charge is 0.269 e. The fourth-order valence-electron chi connectivity index (χ4n) is 2.14. The molecule has 0 unspecified atom stereocenters. The third-order valence-corrected chi connectivity index (χ3v) is 3.29. The van der Waals surface area contributed by atoms with Gasteiger partial charge in [0.15, 0.2) is 5.96 Å². The Hall–Kier alpha value is -2.96. The van der Waals surface area contributed by atoms with Crippen LogP contribution in [0.2, 0.25) is 0 Å². The van der Waals surface area contributed by atoms with Crippen molar-refractivity contribution in [3.63, 3.8) is 0 Å². The van der Waals surface area contributed by atoms with E-state index in [1.807, 2.05) is 31.2 Å². The van der Waals surface area contributed by atoms with Crippen molar-refractivity contribution in [2.75, 3.05) is 13.1 Å². The van der Waals surface area contributed by atoms with Crippen LogP contribution in [0.4, 0.5) is 5.69 Å². The van der Waals surface area contributed by atoms with E-state index in [1.54, 1.807) is 18.3 Å². The SMILES string of the molecule is CCNC(=NCc1cccc([N+](=O)[O-])c1)NCCc1ccccn1. The van der Waals surface area contributed by atoms with Gasteiger partial charge in [-0.3, -0.25) is 15.1 Å². The Labute approximate surface area is 141 Å². The molecule has 7 nitrogen and oxygen atoms in total. The Morgan fingerprint density at radius 3 is 2.83 bits per heavy atom. The zero-order valence-electron chi connectivity index (χ0n) is 13.6. The molecule has 1 aromatic carbocycles.